The van der Waals surface area contributed by atoms with Gasteiger partial charge in [0.05, 0.1) is 19.1 Å². The predicted octanol–water partition coefficient (Wildman–Crippen LogP) is 1.47. The summed E-state index contributed by atoms with van der Waals surface area (Å²) < 4.78 is 37.7. The molecule has 1 amide bonds. The van der Waals surface area contributed by atoms with Gasteiger partial charge in [-0.2, -0.15) is 9.97 Å². The highest BCUT2D eigenvalue weighted by Crippen LogP contribution is 2.22. The van der Waals surface area contributed by atoms with Crippen LogP contribution in [0.5, 0.6) is 11.9 Å². The molecule has 3 aromatic rings. The highest BCUT2D eigenvalue weighted by molar-refractivity contribution is 7.99. The Labute approximate surface area is 204 Å². The van der Waals surface area contributed by atoms with Crippen molar-refractivity contribution in [2.24, 2.45) is 0 Å². The molecule has 0 atom stereocenters. The van der Waals surface area contributed by atoms with Gasteiger partial charge in [-0.1, -0.05) is 11.8 Å². The third kappa shape index (κ3) is 7.58. The quantitative estimate of drug-likeness (QED) is 0.162. The van der Waals surface area contributed by atoms with E-state index in [9.17, 15) is 18.0 Å². The SMILES string of the molecule is COc1cc(NS(=O)(=O)c2ccc(NC(=O)CCCSc3nc(N)cc(=O)[nH]3)cc2)nc(OC)n1. The van der Waals surface area contributed by atoms with E-state index >= 15 is 0 Å². The molecule has 186 valence electrons. The number of aromatic amines is 1. The van der Waals surface area contributed by atoms with Crippen molar-refractivity contribution < 1.29 is 22.7 Å². The van der Waals surface area contributed by atoms with E-state index in [0.717, 1.165) is 0 Å². The number of anilines is 3. The Morgan fingerprint density at radius 3 is 2.51 bits per heavy atom. The molecule has 0 unspecified atom stereocenters. The number of amides is 1. The number of aromatic nitrogens is 4. The van der Waals surface area contributed by atoms with E-state index in [1.165, 1.54) is 62.4 Å². The number of thioether (sulfide) groups is 1. The van der Waals surface area contributed by atoms with Gasteiger partial charge in [0.1, 0.15) is 5.82 Å². The van der Waals surface area contributed by atoms with Crippen molar-refractivity contribution in [2.75, 3.05) is 35.7 Å². The van der Waals surface area contributed by atoms with Gasteiger partial charge in [0.2, 0.25) is 11.8 Å². The minimum absolute atomic E-state index is 0.0265. The number of hydrogen-bond acceptors (Lipinski definition) is 11. The molecule has 0 aliphatic heterocycles. The molecule has 1 aromatic carbocycles. The van der Waals surface area contributed by atoms with Crippen LogP contribution < -0.4 is 30.8 Å². The van der Waals surface area contributed by atoms with Crippen LogP contribution in [0.2, 0.25) is 0 Å². The number of carbonyl (C=O) groups is 1. The molecule has 0 radical (unpaired) electrons. The second-order valence-electron chi connectivity index (χ2n) is 6.89. The van der Waals surface area contributed by atoms with E-state index in [1.807, 2.05) is 0 Å². The lowest BCUT2D eigenvalue weighted by molar-refractivity contribution is -0.116. The van der Waals surface area contributed by atoms with Gasteiger partial charge in [-0.15, -0.1) is 0 Å². The summed E-state index contributed by atoms with van der Waals surface area (Å²) in [6, 6.07) is 8.10. The van der Waals surface area contributed by atoms with Crippen LogP contribution >= 0.6 is 11.8 Å². The minimum Gasteiger partial charge on any atom is -0.481 e. The molecular weight excluding hydrogens is 498 g/mol. The number of H-pyrrole nitrogens is 1. The molecule has 0 aliphatic carbocycles. The number of nitrogens with zero attached hydrogens (tertiary/aromatic N) is 3. The van der Waals surface area contributed by atoms with Gasteiger partial charge in [-0.25, -0.2) is 13.4 Å². The number of sulfonamides is 1. The lowest BCUT2D eigenvalue weighted by Gasteiger charge is -2.10. The molecule has 15 heteroatoms. The second kappa shape index (κ2) is 11.5. The van der Waals surface area contributed by atoms with E-state index in [0.29, 0.717) is 23.0 Å². The van der Waals surface area contributed by atoms with Gasteiger partial charge in [-0.05, 0) is 30.7 Å². The molecule has 3 rings (SSSR count). The molecule has 2 aromatic heterocycles. The largest absolute Gasteiger partial charge is 0.481 e. The first-order chi connectivity index (χ1) is 16.7. The number of hydrogen-bond donors (Lipinski definition) is 4. The molecule has 13 nitrogen and oxygen atoms in total. The number of ether oxygens (including phenoxy) is 2. The molecule has 5 N–H and O–H groups in total. The zero-order chi connectivity index (χ0) is 25.4. The van der Waals surface area contributed by atoms with Crippen molar-refractivity contribution in [1.29, 1.82) is 0 Å². The first kappa shape index (κ1) is 25.8. The Kier molecular flexibility index (Phi) is 8.48. The average Bonchev–Trinajstić information content (AvgIpc) is 2.81. The van der Waals surface area contributed by atoms with Gasteiger partial charge in [0.15, 0.2) is 11.0 Å². The summed E-state index contributed by atoms with van der Waals surface area (Å²) in [5.41, 5.74) is 5.63. The predicted molar refractivity (Wildman–Crippen MR) is 130 cm³/mol. The molecule has 2 heterocycles. The Morgan fingerprint density at radius 1 is 1.11 bits per heavy atom. The van der Waals surface area contributed by atoms with Crippen LogP contribution in [-0.2, 0) is 14.8 Å². The van der Waals surface area contributed by atoms with Crippen LogP contribution in [0.15, 0.2) is 51.2 Å². The van der Waals surface area contributed by atoms with Gasteiger partial charge < -0.3 is 25.5 Å². The maximum atomic E-state index is 12.7. The Hall–Kier alpha value is -3.85. The Bertz CT molecular complexity index is 1320. The van der Waals surface area contributed by atoms with Crippen LogP contribution in [0.25, 0.3) is 0 Å². The Balaban J connectivity index is 1.53. The number of nitrogens with one attached hydrogen (secondary N) is 3. The highest BCUT2D eigenvalue weighted by Gasteiger charge is 2.17. The van der Waals surface area contributed by atoms with Crippen molar-refractivity contribution in [1.82, 2.24) is 19.9 Å². The van der Waals surface area contributed by atoms with Gasteiger partial charge >= 0.3 is 6.01 Å². The average molecular weight is 522 g/mol. The van der Waals surface area contributed by atoms with Crippen LogP contribution in [0.4, 0.5) is 17.3 Å². The van der Waals surface area contributed by atoms with Crippen LogP contribution in [0.1, 0.15) is 12.8 Å². The molecule has 0 aliphatic rings. The molecule has 0 spiro atoms. The van der Waals surface area contributed by atoms with Crippen molar-refractivity contribution >= 4 is 45.0 Å². The van der Waals surface area contributed by atoms with E-state index in [1.54, 1.807) is 0 Å². The van der Waals surface area contributed by atoms with Gasteiger partial charge in [0, 0.05) is 30.0 Å². The molecule has 0 fully saturated rings. The minimum atomic E-state index is -3.97. The number of nitrogens with two attached hydrogens (primary N) is 1. The molecule has 35 heavy (non-hydrogen) atoms. The van der Waals surface area contributed by atoms with Gasteiger partial charge in [-0.3, -0.25) is 14.3 Å². The smallest absolute Gasteiger partial charge is 0.321 e. The van der Waals surface area contributed by atoms with Crippen LogP contribution in [0, 0.1) is 0 Å². The zero-order valence-corrected chi connectivity index (χ0v) is 20.4. The van der Waals surface area contributed by atoms with Gasteiger partial charge in [0.25, 0.3) is 15.6 Å². The van der Waals surface area contributed by atoms with Crippen molar-refractivity contribution in [3.8, 4) is 11.9 Å². The van der Waals surface area contributed by atoms with Crippen LogP contribution in [0.3, 0.4) is 0 Å². The van der Waals surface area contributed by atoms with E-state index in [4.69, 9.17) is 15.2 Å². The maximum absolute atomic E-state index is 12.7. The Morgan fingerprint density at radius 2 is 1.86 bits per heavy atom. The molecule has 0 bridgehead atoms. The number of benzene rings is 1. The first-order valence-corrected chi connectivity index (χ1v) is 12.5. The lowest BCUT2D eigenvalue weighted by Crippen LogP contribution is -2.15. The number of carbonyl (C=O) groups excluding carboxylic acids is 1. The molecular formula is C20H23N7O6S2. The molecule has 0 saturated heterocycles. The molecule has 0 saturated carbocycles. The van der Waals surface area contributed by atoms with E-state index < -0.39 is 10.0 Å². The third-order valence-corrected chi connectivity index (χ3v) is 6.62. The summed E-state index contributed by atoms with van der Waals surface area (Å²) in [6.45, 7) is 0. The van der Waals surface area contributed by atoms with Crippen molar-refractivity contribution in [2.45, 2.75) is 22.9 Å². The number of methoxy groups -OCH3 is 2. The standard InChI is InChI=1S/C20H23N7O6S2/c1-32-18-11-15(24-19(26-18)33-2)27-35(30,31)13-7-5-12(6-8-13)22-16(28)4-3-9-34-20-23-14(21)10-17(29)25-20/h5-8,10-11H,3-4,9H2,1-2H3,(H,22,28)(H,24,26,27)(H3,21,23,25,29). The maximum Gasteiger partial charge on any atom is 0.321 e. The number of nitrogen functional groups attached to an aromatic ring is 1. The first-order valence-electron chi connectivity index (χ1n) is 10.1. The fourth-order valence-electron chi connectivity index (χ4n) is 2.71. The lowest BCUT2D eigenvalue weighted by atomic mass is 10.3. The summed E-state index contributed by atoms with van der Waals surface area (Å²) in [7, 11) is -1.24. The zero-order valence-electron chi connectivity index (χ0n) is 18.8. The van der Waals surface area contributed by atoms with E-state index in [2.05, 4.69) is 30.0 Å². The summed E-state index contributed by atoms with van der Waals surface area (Å²) in [6.07, 6.45) is 0.746. The van der Waals surface area contributed by atoms with Crippen molar-refractivity contribution in [3.05, 3.63) is 46.8 Å². The summed E-state index contributed by atoms with van der Waals surface area (Å²) >= 11 is 1.28. The third-order valence-electron chi connectivity index (χ3n) is 4.29. The summed E-state index contributed by atoms with van der Waals surface area (Å²) in [5, 5.41) is 3.10. The monoisotopic (exact) mass is 521 g/mol. The normalized spacial score (nSPS) is 11.0. The fraction of sp³-hybridized carbons (Fsp3) is 0.250. The van der Waals surface area contributed by atoms with Crippen molar-refractivity contribution in [3.63, 3.8) is 0 Å². The van der Waals surface area contributed by atoms with E-state index in [-0.39, 0.29) is 46.3 Å². The summed E-state index contributed by atoms with van der Waals surface area (Å²) in [4.78, 5) is 37.9. The fourth-order valence-corrected chi connectivity index (χ4v) is 4.53. The topological polar surface area (TPSA) is 191 Å². The highest BCUT2D eigenvalue weighted by atomic mass is 32.2. The number of rotatable bonds is 11. The summed E-state index contributed by atoms with van der Waals surface area (Å²) in [5.74, 6) is 0.533. The second-order valence-corrected chi connectivity index (χ2v) is 9.65. The van der Waals surface area contributed by atoms with Crippen LogP contribution in [-0.4, -0.2) is 54.2 Å².